The van der Waals surface area contributed by atoms with Gasteiger partial charge in [0.05, 0.1) is 11.3 Å². The second-order valence-corrected chi connectivity index (χ2v) is 5.58. The average molecular weight is 296 g/mol. The molecule has 8 heteroatoms. The molecule has 1 heterocycles. The fraction of sp³-hybridized carbons (Fsp3) is 0.250. The molecule has 1 N–H and O–H groups in total. The van der Waals surface area contributed by atoms with Crippen LogP contribution in [0, 0.1) is 0 Å². The molecule has 0 atom stereocenters. The summed E-state index contributed by atoms with van der Waals surface area (Å²) in [6.07, 6.45) is 3.08. The monoisotopic (exact) mass is 296 g/mol. The topological polar surface area (TPSA) is 93.3 Å². The third kappa shape index (κ3) is 4.56. The van der Waals surface area contributed by atoms with Gasteiger partial charge in [-0.3, -0.25) is 4.55 Å². The van der Waals surface area contributed by atoms with Crippen molar-refractivity contribution in [2.24, 2.45) is 0 Å². The van der Waals surface area contributed by atoms with Crippen molar-refractivity contribution in [3.8, 4) is 11.4 Å². The van der Waals surface area contributed by atoms with Crippen LogP contribution in [-0.2, 0) is 10.1 Å². The summed E-state index contributed by atoms with van der Waals surface area (Å²) in [5.74, 6) is 0.236. The number of aromatic nitrogens is 3. The van der Waals surface area contributed by atoms with Crippen molar-refractivity contribution >= 4 is 10.1 Å². The quantitative estimate of drug-likeness (QED) is 0.463. The van der Waals surface area contributed by atoms with Crippen molar-refractivity contribution in [2.45, 2.75) is 6.42 Å². The van der Waals surface area contributed by atoms with Crippen LogP contribution in [0.25, 0.3) is 11.4 Å². The molecule has 2 rings (SSSR count). The Balaban J connectivity index is 1.89. The lowest BCUT2D eigenvalue weighted by atomic mass is 10.2. The number of rotatable bonds is 6. The molecule has 0 saturated heterocycles. The zero-order valence-corrected chi connectivity index (χ0v) is 11.4. The first-order valence-corrected chi connectivity index (χ1v) is 7.53. The number of hydrogen-bond acceptors (Lipinski definition) is 5. The Labute approximate surface area is 116 Å². The predicted molar refractivity (Wildman–Crippen MR) is 70.1 cm³/mol. The summed E-state index contributed by atoms with van der Waals surface area (Å²) in [7, 11) is -3.94. The fourth-order valence-electron chi connectivity index (χ4n) is 1.50. The largest absolute Gasteiger partial charge is 0.357 e. The van der Waals surface area contributed by atoms with E-state index >= 15 is 0 Å². The van der Waals surface area contributed by atoms with Crippen molar-refractivity contribution in [2.75, 3.05) is 12.4 Å². The molecule has 0 radical (unpaired) electrons. The van der Waals surface area contributed by atoms with Crippen molar-refractivity contribution < 1.29 is 22.5 Å². The SMILES string of the molecule is O=S(=O)(O)CCCO[n+]1cnc(-c2ccccc2)nc1. The van der Waals surface area contributed by atoms with Gasteiger partial charge in [-0.05, 0) is 12.1 Å². The van der Waals surface area contributed by atoms with Crippen LogP contribution < -0.4 is 9.57 Å². The minimum Gasteiger partial charge on any atom is -0.357 e. The molecule has 2 aromatic rings. The van der Waals surface area contributed by atoms with Crippen LogP contribution in [0.2, 0.25) is 0 Å². The Kier molecular flexibility index (Phi) is 4.59. The molecule has 7 nitrogen and oxygen atoms in total. The van der Waals surface area contributed by atoms with Crippen LogP contribution in [0.4, 0.5) is 0 Å². The smallest absolute Gasteiger partial charge is 0.307 e. The van der Waals surface area contributed by atoms with Crippen LogP contribution in [0.1, 0.15) is 6.42 Å². The molecule has 0 aliphatic rings. The van der Waals surface area contributed by atoms with Gasteiger partial charge in [-0.15, -0.1) is 0 Å². The van der Waals surface area contributed by atoms with E-state index in [0.29, 0.717) is 5.82 Å². The number of hydrogen-bond donors (Lipinski definition) is 1. The van der Waals surface area contributed by atoms with E-state index in [1.54, 1.807) is 0 Å². The van der Waals surface area contributed by atoms with Crippen LogP contribution in [0.3, 0.4) is 0 Å². The molecule has 20 heavy (non-hydrogen) atoms. The molecule has 0 fully saturated rings. The molecule has 0 aliphatic carbocycles. The van der Waals surface area contributed by atoms with E-state index < -0.39 is 10.1 Å². The first-order valence-electron chi connectivity index (χ1n) is 5.92. The second kappa shape index (κ2) is 6.40. The van der Waals surface area contributed by atoms with Gasteiger partial charge in [0, 0.05) is 6.42 Å². The predicted octanol–water partition coefficient (Wildman–Crippen LogP) is 0.138. The summed E-state index contributed by atoms with van der Waals surface area (Å²) in [6.45, 7) is 0.137. The lowest BCUT2D eigenvalue weighted by molar-refractivity contribution is -0.895. The molecular formula is C12H14N3O4S+. The van der Waals surface area contributed by atoms with Gasteiger partial charge in [0.15, 0.2) is 0 Å². The Bertz CT molecular complexity index is 644. The molecule has 0 bridgehead atoms. The van der Waals surface area contributed by atoms with E-state index in [4.69, 9.17) is 9.39 Å². The van der Waals surface area contributed by atoms with E-state index in [2.05, 4.69) is 9.97 Å². The first-order chi connectivity index (χ1) is 9.54. The zero-order chi connectivity index (χ0) is 14.4. The van der Waals surface area contributed by atoms with Crippen molar-refractivity contribution in [1.29, 1.82) is 0 Å². The molecule has 1 aromatic carbocycles. The lowest BCUT2D eigenvalue weighted by Gasteiger charge is -2.01. The maximum Gasteiger partial charge on any atom is 0.307 e. The van der Waals surface area contributed by atoms with E-state index in [-0.39, 0.29) is 18.8 Å². The van der Waals surface area contributed by atoms with E-state index in [9.17, 15) is 8.42 Å². The first kappa shape index (κ1) is 14.4. The third-order valence-electron chi connectivity index (χ3n) is 2.41. The van der Waals surface area contributed by atoms with E-state index in [1.807, 2.05) is 30.3 Å². The fourth-order valence-corrected chi connectivity index (χ4v) is 1.98. The van der Waals surface area contributed by atoms with E-state index in [0.717, 1.165) is 5.56 Å². The Morgan fingerprint density at radius 3 is 2.40 bits per heavy atom. The highest BCUT2D eigenvalue weighted by Crippen LogP contribution is 2.10. The summed E-state index contributed by atoms with van der Waals surface area (Å²) in [5.41, 5.74) is 0.894. The number of benzene rings is 1. The van der Waals surface area contributed by atoms with Crippen molar-refractivity contribution in [3.05, 3.63) is 43.0 Å². The van der Waals surface area contributed by atoms with Gasteiger partial charge in [0.1, 0.15) is 6.61 Å². The maximum atomic E-state index is 10.5. The highest BCUT2D eigenvalue weighted by molar-refractivity contribution is 7.85. The summed E-state index contributed by atoms with van der Waals surface area (Å²) < 4.78 is 30.9. The van der Waals surface area contributed by atoms with Gasteiger partial charge < -0.3 is 4.84 Å². The summed E-state index contributed by atoms with van der Waals surface area (Å²) >= 11 is 0. The zero-order valence-electron chi connectivity index (χ0n) is 10.6. The van der Waals surface area contributed by atoms with Gasteiger partial charge >= 0.3 is 5.82 Å². The Morgan fingerprint density at radius 1 is 1.15 bits per heavy atom. The molecule has 0 saturated carbocycles. The summed E-state index contributed by atoms with van der Waals surface area (Å²) in [5, 5.41) is 0. The minimum absolute atomic E-state index is 0.137. The van der Waals surface area contributed by atoms with Crippen LogP contribution >= 0.6 is 0 Å². The van der Waals surface area contributed by atoms with Gasteiger partial charge in [0.25, 0.3) is 22.8 Å². The van der Waals surface area contributed by atoms with Gasteiger partial charge in [0.2, 0.25) is 0 Å². The summed E-state index contributed by atoms with van der Waals surface area (Å²) in [6, 6.07) is 9.49. The highest BCUT2D eigenvalue weighted by atomic mass is 32.2. The molecule has 0 unspecified atom stereocenters. The lowest BCUT2D eigenvalue weighted by Crippen LogP contribution is -2.43. The minimum atomic E-state index is -3.94. The molecular weight excluding hydrogens is 282 g/mol. The Hall–Kier alpha value is -2.06. The van der Waals surface area contributed by atoms with Gasteiger partial charge in [-0.2, -0.15) is 8.42 Å². The highest BCUT2D eigenvalue weighted by Gasteiger charge is 2.09. The maximum absolute atomic E-state index is 10.5. The van der Waals surface area contributed by atoms with Crippen LogP contribution in [-0.4, -0.2) is 35.3 Å². The van der Waals surface area contributed by atoms with E-state index in [1.165, 1.54) is 17.4 Å². The molecule has 0 amide bonds. The standard InChI is InChI=1S/C12H13N3O4S/c16-20(17,18)8-4-7-19-15-9-13-12(14-10-15)11-5-2-1-3-6-11/h1-3,5-6,9-10H,4,7-8H2/p+1. The number of nitrogens with zero attached hydrogens (tertiary/aromatic N) is 3. The molecule has 0 spiro atoms. The average Bonchev–Trinajstić information content (AvgIpc) is 2.44. The molecule has 0 aliphatic heterocycles. The molecule has 106 valence electrons. The van der Waals surface area contributed by atoms with Crippen LogP contribution in [0.15, 0.2) is 43.0 Å². The molecule has 1 aromatic heterocycles. The van der Waals surface area contributed by atoms with Crippen LogP contribution in [0.5, 0.6) is 0 Å². The van der Waals surface area contributed by atoms with Gasteiger partial charge in [-0.1, -0.05) is 32.9 Å². The van der Waals surface area contributed by atoms with Crippen molar-refractivity contribution in [3.63, 3.8) is 0 Å². The summed E-state index contributed by atoms with van der Waals surface area (Å²) in [4.78, 5) is 13.5. The van der Waals surface area contributed by atoms with Gasteiger partial charge in [-0.25, -0.2) is 0 Å². The van der Waals surface area contributed by atoms with Crippen molar-refractivity contribution in [1.82, 2.24) is 9.97 Å². The normalized spacial score (nSPS) is 11.2. The Morgan fingerprint density at radius 2 is 1.80 bits per heavy atom. The second-order valence-electron chi connectivity index (χ2n) is 4.01. The third-order valence-corrected chi connectivity index (χ3v) is 3.21.